The molecule has 0 fully saturated rings. The third kappa shape index (κ3) is 4.00. The number of halogens is 12. The summed E-state index contributed by atoms with van der Waals surface area (Å²) in [5.41, 5.74) is 0. The predicted molar refractivity (Wildman–Crippen MR) is 65.5 cm³/mol. The standard InChI is InChI=1S/C12H4F12O3S/c13-7(9(15,16)10(17,18)11(19,20)12(21,22)23)8(14)27-5-3-1-2-4-6(5)28(24,25)26/h1-4H. The zero-order chi connectivity index (χ0) is 22.3. The van der Waals surface area contributed by atoms with Crippen molar-refractivity contribution in [3.63, 3.8) is 0 Å². The van der Waals surface area contributed by atoms with Crippen molar-refractivity contribution in [1.29, 1.82) is 0 Å². The molecule has 0 aliphatic carbocycles. The minimum Gasteiger partial charge on any atom is -0.428 e. The normalized spacial score (nSPS) is 15.3. The molecule has 0 heterocycles. The molecule has 0 bridgehead atoms. The molecule has 1 aromatic carbocycles. The summed E-state index contributed by atoms with van der Waals surface area (Å²) >= 11 is 0. The van der Waals surface area contributed by atoms with Crippen LogP contribution in [0.5, 0.6) is 5.75 Å². The summed E-state index contributed by atoms with van der Waals surface area (Å²) in [5.74, 6) is -28.0. The van der Waals surface area contributed by atoms with E-state index in [0.29, 0.717) is 12.1 Å². The van der Waals surface area contributed by atoms with Gasteiger partial charge in [0.25, 0.3) is 0 Å². The molecule has 0 spiro atoms. The maximum atomic E-state index is 13.4. The Hall–Kier alpha value is -2.13. The van der Waals surface area contributed by atoms with Gasteiger partial charge < -0.3 is 4.74 Å². The molecule has 0 saturated heterocycles. The number of para-hydroxylation sites is 1. The average Bonchev–Trinajstić information content (AvgIpc) is 2.52. The van der Waals surface area contributed by atoms with E-state index in [9.17, 15) is 60.6 Å². The van der Waals surface area contributed by atoms with Gasteiger partial charge in [0.2, 0.25) is 5.83 Å². The highest BCUT2D eigenvalue weighted by molar-refractivity contribution is 7.86. The van der Waals surface area contributed by atoms with Gasteiger partial charge in [-0.05, 0) is 12.1 Å². The Kier molecular flexibility index (Phi) is 6.01. The van der Waals surface area contributed by atoms with Crippen molar-refractivity contribution in [2.75, 3.05) is 0 Å². The van der Waals surface area contributed by atoms with Crippen molar-refractivity contribution < 1.29 is 65.3 Å². The van der Waals surface area contributed by atoms with E-state index in [4.69, 9.17) is 0 Å². The van der Waals surface area contributed by atoms with Crippen LogP contribution in [0.15, 0.2) is 41.0 Å². The molecule has 16 heteroatoms. The monoisotopic (exact) mass is 456 g/mol. The average molecular weight is 456 g/mol. The largest absolute Gasteiger partial charge is 0.460 e. The maximum absolute atomic E-state index is 13.4. The second-order valence-electron chi connectivity index (χ2n) is 4.80. The topological polar surface area (TPSA) is 43.4 Å². The van der Waals surface area contributed by atoms with Crippen LogP contribution in [0.2, 0.25) is 0 Å². The van der Waals surface area contributed by atoms with Crippen LogP contribution < -0.4 is 4.74 Å². The van der Waals surface area contributed by atoms with E-state index in [-0.39, 0.29) is 0 Å². The molecule has 0 radical (unpaired) electrons. The Morgan fingerprint density at radius 3 is 1.71 bits per heavy atom. The van der Waals surface area contributed by atoms with Crippen molar-refractivity contribution in [3.05, 3.63) is 36.1 Å². The highest BCUT2D eigenvalue weighted by atomic mass is 32.3. The summed E-state index contributed by atoms with van der Waals surface area (Å²) in [6, 6.07) is -1.39. The Bertz CT molecular complexity index is 872. The lowest BCUT2D eigenvalue weighted by molar-refractivity contribution is -0.392. The van der Waals surface area contributed by atoms with E-state index >= 15 is 0 Å². The van der Waals surface area contributed by atoms with Gasteiger partial charge >= 0.3 is 40.2 Å². The summed E-state index contributed by atoms with van der Waals surface area (Å²) in [4.78, 5) is -1.62. The molecular weight excluding hydrogens is 452 g/mol. The number of rotatable bonds is 6. The van der Waals surface area contributed by atoms with Crippen LogP contribution in [0, 0.1) is 0 Å². The van der Waals surface area contributed by atoms with Crippen LogP contribution in [0.3, 0.4) is 0 Å². The van der Waals surface area contributed by atoms with E-state index in [1.54, 1.807) is 0 Å². The van der Waals surface area contributed by atoms with Crippen molar-refractivity contribution in [3.8, 4) is 5.75 Å². The Labute approximate surface area is 147 Å². The van der Waals surface area contributed by atoms with Crippen LogP contribution in [-0.2, 0) is 10.2 Å². The minimum absolute atomic E-state index is 0.305. The number of allylic oxidation sites excluding steroid dienone is 1. The second kappa shape index (κ2) is 7.04. The molecule has 160 valence electrons. The van der Waals surface area contributed by atoms with Gasteiger partial charge in [-0.15, -0.1) is 3.89 Å². The Balaban J connectivity index is 3.46. The van der Waals surface area contributed by atoms with Gasteiger partial charge in [0.1, 0.15) is 4.90 Å². The van der Waals surface area contributed by atoms with Gasteiger partial charge in [-0.25, -0.2) is 0 Å². The Morgan fingerprint density at radius 1 is 0.821 bits per heavy atom. The lowest BCUT2D eigenvalue weighted by Gasteiger charge is -2.32. The number of hydrogen-bond donors (Lipinski definition) is 0. The lowest BCUT2D eigenvalue weighted by Crippen LogP contribution is -2.61. The molecule has 0 N–H and O–H groups in total. The van der Waals surface area contributed by atoms with E-state index in [0.717, 1.165) is 12.1 Å². The SMILES string of the molecule is O=S(=O)(F)c1ccccc1OC(F)=C(F)C(F)(F)C(F)(F)C(F)(F)C(F)(F)F. The van der Waals surface area contributed by atoms with Crippen molar-refractivity contribution in [2.45, 2.75) is 28.8 Å². The number of alkyl halides is 9. The summed E-state index contributed by atoms with van der Waals surface area (Å²) < 4.78 is 178. The summed E-state index contributed by atoms with van der Waals surface area (Å²) in [5, 5.41) is 0. The first-order valence-corrected chi connectivity index (χ1v) is 7.64. The van der Waals surface area contributed by atoms with Crippen LogP contribution in [0.4, 0.5) is 52.2 Å². The first-order valence-electron chi connectivity index (χ1n) is 6.26. The van der Waals surface area contributed by atoms with Gasteiger partial charge in [0, 0.05) is 0 Å². The number of ether oxygens (including phenoxy) is 1. The van der Waals surface area contributed by atoms with Crippen LogP contribution in [0.25, 0.3) is 0 Å². The van der Waals surface area contributed by atoms with Crippen molar-refractivity contribution >= 4 is 10.2 Å². The van der Waals surface area contributed by atoms with Gasteiger partial charge in [0.15, 0.2) is 5.75 Å². The molecule has 28 heavy (non-hydrogen) atoms. The van der Waals surface area contributed by atoms with Crippen molar-refractivity contribution in [1.82, 2.24) is 0 Å². The smallest absolute Gasteiger partial charge is 0.428 e. The van der Waals surface area contributed by atoms with Crippen molar-refractivity contribution in [2.24, 2.45) is 0 Å². The fourth-order valence-electron chi connectivity index (χ4n) is 1.51. The summed E-state index contributed by atoms with van der Waals surface area (Å²) in [7, 11) is -5.75. The van der Waals surface area contributed by atoms with Crippen LogP contribution in [0.1, 0.15) is 0 Å². The third-order valence-electron chi connectivity index (χ3n) is 2.90. The molecule has 3 nitrogen and oxygen atoms in total. The molecule has 0 aliphatic rings. The first kappa shape index (κ1) is 23.9. The summed E-state index contributed by atoms with van der Waals surface area (Å²) in [6.07, 6.45) is -7.29. The first-order chi connectivity index (χ1) is 12.3. The molecule has 0 atom stereocenters. The number of hydrogen-bond acceptors (Lipinski definition) is 3. The molecule has 1 aromatic rings. The van der Waals surface area contributed by atoms with E-state index < -0.39 is 56.7 Å². The third-order valence-corrected chi connectivity index (χ3v) is 3.77. The molecule has 0 amide bonds. The zero-order valence-corrected chi connectivity index (χ0v) is 13.3. The fraction of sp³-hybridized carbons (Fsp3) is 0.333. The van der Waals surface area contributed by atoms with Gasteiger partial charge in [-0.1, -0.05) is 12.1 Å². The van der Waals surface area contributed by atoms with E-state index in [1.807, 2.05) is 0 Å². The maximum Gasteiger partial charge on any atom is 0.460 e. The second-order valence-corrected chi connectivity index (χ2v) is 6.11. The molecule has 0 aromatic heterocycles. The van der Waals surface area contributed by atoms with E-state index in [1.165, 1.54) is 0 Å². The van der Waals surface area contributed by atoms with Crippen LogP contribution >= 0.6 is 0 Å². The van der Waals surface area contributed by atoms with Gasteiger partial charge in [-0.3, -0.25) is 0 Å². The van der Waals surface area contributed by atoms with Gasteiger partial charge in [0.05, 0.1) is 0 Å². The highest BCUT2D eigenvalue weighted by Gasteiger charge is 2.83. The summed E-state index contributed by atoms with van der Waals surface area (Å²) in [6.45, 7) is 0. The Morgan fingerprint density at radius 2 is 1.29 bits per heavy atom. The molecule has 0 unspecified atom stereocenters. The van der Waals surface area contributed by atoms with Gasteiger partial charge in [-0.2, -0.15) is 56.7 Å². The van der Waals surface area contributed by atoms with Crippen LogP contribution in [-0.4, -0.2) is 32.4 Å². The molecular formula is C12H4F12O3S. The number of benzene rings is 1. The minimum atomic E-state index is -7.53. The fourth-order valence-corrected chi connectivity index (χ4v) is 2.10. The zero-order valence-electron chi connectivity index (χ0n) is 12.5. The van der Waals surface area contributed by atoms with E-state index in [2.05, 4.69) is 4.74 Å². The lowest BCUT2D eigenvalue weighted by atomic mass is 10.0. The highest BCUT2D eigenvalue weighted by Crippen LogP contribution is 2.55. The molecule has 1 rings (SSSR count). The quantitative estimate of drug-likeness (QED) is 0.332. The molecule has 0 saturated carbocycles. The predicted octanol–water partition coefficient (Wildman–Crippen LogP) is 5.30. The molecule has 0 aliphatic heterocycles.